The first kappa shape index (κ1) is 26.6. The second-order valence-electron chi connectivity index (χ2n) is 10.9. The molecule has 0 bridgehead atoms. The summed E-state index contributed by atoms with van der Waals surface area (Å²) in [6.07, 6.45) is 2.52. The number of pyridine rings is 1. The lowest BCUT2D eigenvalue weighted by molar-refractivity contribution is 0.0277. The number of rotatable bonds is 5. The predicted molar refractivity (Wildman–Crippen MR) is 168 cm³/mol. The molecule has 0 aliphatic carbocycles. The Labute approximate surface area is 248 Å². The molecule has 2 aromatic heterocycles. The lowest BCUT2D eigenvalue weighted by atomic mass is 9.98. The van der Waals surface area contributed by atoms with Crippen LogP contribution in [0.5, 0.6) is 0 Å². The molecule has 9 heteroatoms. The van der Waals surface area contributed by atoms with E-state index in [-0.39, 0.29) is 17.7 Å². The highest BCUT2D eigenvalue weighted by atomic mass is 35.5. The van der Waals surface area contributed by atoms with E-state index in [0.717, 1.165) is 46.5 Å². The molecule has 0 saturated carbocycles. The van der Waals surface area contributed by atoms with Crippen molar-refractivity contribution < 1.29 is 4.74 Å². The maximum Gasteiger partial charge on any atom is 0.260 e. The monoisotopic (exact) mass is 578 g/mol. The standard InChI is InChI=1S/C33H31ClN6O2/c1-20-6-11-26(28(34)14-20)27-16-23-17-37-33(38-24-9-7-21(8-10-24)30-19-35-12-13-42-30)39-31(23)40(32(27)41)25-15-22-4-2-3-5-29(22)36-18-25/h2-11,14,16-17,25,30,35-36H,12-13,15,18-19H2,1H3,(H,37,38,39). The molecule has 4 heterocycles. The zero-order chi connectivity index (χ0) is 28.6. The van der Waals surface area contributed by atoms with Crippen LogP contribution in [0.4, 0.5) is 17.3 Å². The van der Waals surface area contributed by atoms with Crippen LogP contribution in [-0.4, -0.2) is 40.8 Å². The molecule has 212 valence electrons. The Morgan fingerprint density at radius 3 is 2.69 bits per heavy atom. The minimum atomic E-state index is -0.148. The average molecular weight is 579 g/mol. The van der Waals surface area contributed by atoms with E-state index >= 15 is 0 Å². The van der Waals surface area contributed by atoms with Crippen molar-refractivity contribution in [1.82, 2.24) is 19.9 Å². The molecule has 1 fully saturated rings. The highest BCUT2D eigenvalue weighted by Gasteiger charge is 2.25. The molecule has 2 atom stereocenters. The largest absolute Gasteiger partial charge is 0.383 e. The Morgan fingerprint density at radius 1 is 1.02 bits per heavy atom. The molecule has 42 heavy (non-hydrogen) atoms. The van der Waals surface area contributed by atoms with Crippen molar-refractivity contribution in [2.24, 2.45) is 0 Å². The van der Waals surface area contributed by atoms with Crippen LogP contribution in [0.15, 0.2) is 83.8 Å². The molecule has 0 spiro atoms. The van der Waals surface area contributed by atoms with Crippen LogP contribution >= 0.6 is 11.6 Å². The number of halogens is 1. The van der Waals surface area contributed by atoms with Crippen molar-refractivity contribution in [2.45, 2.75) is 25.5 Å². The number of anilines is 3. The van der Waals surface area contributed by atoms with Crippen molar-refractivity contribution in [1.29, 1.82) is 0 Å². The van der Waals surface area contributed by atoms with Crippen LogP contribution in [0.2, 0.25) is 5.02 Å². The summed E-state index contributed by atoms with van der Waals surface area (Å²) in [6, 6.07) is 23.8. The topological polar surface area (TPSA) is 93.1 Å². The summed E-state index contributed by atoms with van der Waals surface area (Å²) >= 11 is 6.66. The van der Waals surface area contributed by atoms with Gasteiger partial charge in [-0.2, -0.15) is 4.98 Å². The number of benzene rings is 3. The molecular formula is C33H31ClN6O2. The minimum absolute atomic E-state index is 0.0459. The average Bonchev–Trinajstić information content (AvgIpc) is 3.02. The second-order valence-corrected chi connectivity index (χ2v) is 11.3. The number of aromatic nitrogens is 3. The fourth-order valence-corrected chi connectivity index (χ4v) is 6.18. The predicted octanol–water partition coefficient (Wildman–Crippen LogP) is 6.03. The van der Waals surface area contributed by atoms with Crippen molar-refractivity contribution >= 4 is 40.0 Å². The summed E-state index contributed by atoms with van der Waals surface area (Å²) in [6.45, 7) is 4.97. The quantitative estimate of drug-likeness (QED) is 0.234. The fourth-order valence-electron chi connectivity index (χ4n) is 5.85. The van der Waals surface area contributed by atoms with Crippen molar-refractivity contribution in [3.63, 3.8) is 0 Å². The fraction of sp³-hybridized carbons (Fsp3) is 0.242. The number of fused-ring (bicyclic) bond motifs is 2. The van der Waals surface area contributed by atoms with Gasteiger partial charge in [0.25, 0.3) is 5.56 Å². The second kappa shape index (κ2) is 11.2. The lowest BCUT2D eigenvalue weighted by Crippen LogP contribution is -2.34. The third kappa shape index (κ3) is 5.13. The molecule has 3 N–H and O–H groups in total. The Kier molecular flexibility index (Phi) is 7.11. The van der Waals surface area contributed by atoms with Gasteiger partial charge >= 0.3 is 0 Å². The van der Waals surface area contributed by atoms with Crippen LogP contribution in [0.25, 0.3) is 22.2 Å². The third-order valence-corrected chi connectivity index (χ3v) is 8.33. The first-order valence-corrected chi connectivity index (χ1v) is 14.6. The molecule has 0 radical (unpaired) electrons. The van der Waals surface area contributed by atoms with E-state index in [0.29, 0.717) is 47.3 Å². The van der Waals surface area contributed by atoms with E-state index in [4.69, 9.17) is 21.3 Å². The molecule has 2 aliphatic heterocycles. The zero-order valence-electron chi connectivity index (χ0n) is 23.2. The molecule has 8 nitrogen and oxygen atoms in total. The summed E-state index contributed by atoms with van der Waals surface area (Å²) in [4.78, 5) is 23.8. The number of morpholine rings is 1. The maximum absolute atomic E-state index is 14.3. The Bertz CT molecular complexity index is 1830. The normalized spacial score (nSPS) is 18.3. The van der Waals surface area contributed by atoms with Crippen molar-refractivity contribution in [3.05, 3.63) is 111 Å². The summed E-state index contributed by atoms with van der Waals surface area (Å²) in [5.41, 5.74) is 6.95. The number of hydrogen-bond acceptors (Lipinski definition) is 7. The molecular weight excluding hydrogens is 548 g/mol. The summed E-state index contributed by atoms with van der Waals surface area (Å²) in [7, 11) is 0. The Hall–Kier alpha value is -4.24. The lowest BCUT2D eigenvalue weighted by Gasteiger charge is -2.29. The van der Waals surface area contributed by atoms with Gasteiger partial charge in [-0.25, -0.2) is 4.98 Å². The molecule has 7 rings (SSSR count). The first-order chi connectivity index (χ1) is 20.5. The van der Waals surface area contributed by atoms with Gasteiger partial charge in [0, 0.05) is 58.7 Å². The molecule has 2 unspecified atom stereocenters. The van der Waals surface area contributed by atoms with E-state index in [9.17, 15) is 4.79 Å². The smallest absolute Gasteiger partial charge is 0.260 e. The van der Waals surface area contributed by atoms with Gasteiger partial charge < -0.3 is 20.7 Å². The molecule has 5 aromatic rings. The number of hydrogen-bond donors (Lipinski definition) is 3. The van der Waals surface area contributed by atoms with Gasteiger partial charge in [-0.3, -0.25) is 9.36 Å². The molecule has 3 aromatic carbocycles. The van der Waals surface area contributed by atoms with Crippen LogP contribution < -0.4 is 21.5 Å². The zero-order valence-corrected chi connectivity index (χ0v) is 24.0. The van der Waals surface area contributed by atoms with E-state index in [1.807, 2.05) is 60.0 Å². The van der Waals surface area contributed by atoms with Crippen LogP contribution in [0, 0.1) is 6.92 Å². The van der Waals surface area contributed by atoms with Gasteiger partial charge in [0.05, 0.1) is 18.8 Å². The number of para-hydroxylation sites is 1. The minimum Gasteiger partial charge on any atom is -0.383 e. The number of nitrogens with zero attached hydrogens (tertiary/aromatic N) is 3. The SMILES string of the molecule is Cc1ccc(-c2cc3cnc(Nc4ccc(C5CNCCO5)cc4)nc3n(C3CNc4ccccc4C3)c2=O)c(Cl)c1. The van der Waals surface area contributed by atoms with E-state index in [2.05, 4.69) is 45.2 Å². The van der Waals surface area contributed by atoms with Gasteiger partial charge in [0.2, 0.25) is 5.95 Å². The number of nitrogens with one attached hydrogen (secondary N) is 3. The van der Waals surface area contributed by atoms with Crippen molar-refractivity contribution in [2.75, 3.05) is 36.9 Å². The van der Waals surface area contributed by atoms with Gasteiger partial charge in [-0.05, 0) is 60.4 Å². The Morgan fingerprint density at radius 2 is 1.88 bits per heavy atom. The third-order valence-electron chi connectivity index (χ3n) is 8.02. The molecule has 1 saturated heterocycles. The summed E-state index contributed by atoms with van der Waals surface area (Å²) in [5.74, 6) is 0.421. The van der Waals surface area contributed by atoms with Crippen LogP contribution in [0.3, 0.4) is 0 Å². The number of aryl methyl sites for hydroxylation is 1. The first-order valence-electron chi connectivity index (χ1n) is 14.2. The van der Waals surface area contributed by atoms with Crippen LogP contribution in [0.1, 0.15) is 28.8 Å². The van der Waals surface area contributed by atoms with E-state index < -0.39 is 0 Å². The summed E-state index contributed by atoms with van der Waals surface area (Å²) < 4.78 is 7.69. The number of ether oxygens (including phenoxy) is 1. The molecule has 0 amide bonds. The van der Waals surface area contributed by atoms with Crippen molar-refractivity contribution in [3.8, 4) is 11.1 Å². The maximum atomic E-state index is 14.3. The van der Waals surface area contributed by atoms with E-state index in [1.165, 1.54) is 0 Å². The van der Waals surface area contributed by atoms with Gasteiger partial charge in [0.1, 0.15) is 5.65 Å². The Balaban J connectivity index is 1.29. The highest BCUT2D eigenvalue weighted by molar-refractivity contribution is 6.33. The van der Waals surface area contributed by atoms with Gasteiger partial charge in [0.15, 0.2) is 0 Å². The summed E-state index contributed by atoms with van der Waals surface area (Å²) in [5, 5.41) is 11.5. The van der Waals surface area contributed by atoms with Gasteiger partial charge in [-0.15, -0.1) is 0 Å². The van der Waals surface area contributed by atoms with E-state index in [1.54, 1.807) is 6.20 Å². The van der Waals surface area contributed by atoms with Crippen LogP contribution in [-0.2, 0) is 11.2 Å². The van der Waals surface area contributed by atoms with Gasteiger partial charge in [-0.1, -0.05) is 54.1 Å². The highest BCUT2D eigenvalue weighted by Crippen LogP contribution is 2.32. The molecule has 2 aliphatic rings.